The number of nitrogens with one attached hydrogen (secondary N) is 2. The summed E-state index contributed by atoms with van der Waals surface area (Å²) < 4.78 is 4.97. The zero-order valence-electron chi connectivity index (χ0n) is 16.5. The third-order valence-corrected chi connectivity index (χ3v) is 3.80. The van der Waals surface area contributed by atoms with Crippen molar-refractivity contribution in [3.8, 4) is 6.07 Å². The Bertz CT molecular complexity index is 976. The van der Waals surface area contributed by atoms with Crippen LogP contribution in [0, 0.1) is 11.3 Å². The number of anilines is 2. The number of ether oxygens (including phenoxy) is 1. The SMILES string of the molecule is CN(C)C(=O)c1ccc(NC(=O)COC(=O)c2ccc(NC(=O)CC#N)cc2)cc1. The van der Waals surface area contributed by atoms with Gasteiger partial charge >= 0.3 is 5.97 Å². The summed E-state index contributed by atoms with van der Waals surface area (Å²) >= 11 is 0. The molecule has 0 bridgehead atoms. The van der Waals surface area contributed by atoms with Gasteiger partial charge in [0.05, 0.1) is 11.6 Å². The maximum atomic E-state index is 12.0. The van der Waals surface area contributed by atoms with E-state index in [4.69, 9.17) is 10.00 Å². The highest BCUT2D eigenvalue weighted by Crippen LogP contribution is 2.12. The van der Waals surface area contributed by atoms with Crippen LogP contribution in [0.1, 0.15) is 27.1 Å². The van der Waals surface area contributed by atoms with Crippen LogP contribution in [0.5, 0.6) is 0 Å². The Kier molecular flexibility index (Phi) is 7.65. The topological polar surface area (TPSA) is 129 Å². The molecule has 9 nitrogen and oxygen atoms in total. The molecule has 0 fully saturated rings. The lowest BCUT2D eigenvalue weighted by Gasteiger charge is -2.11. The van der Waals surface area contributed by atoms with Gasteiger partial charge in [0.1, 0.15) is 6.42 Å². The van der Waals surface area contributed by atoms with Gasteiger partial charge in [-0.1, -0.05) is 0 Å². The minimum Gasteiger partial charge on any atom is -0.452 e. The van der Waals surface area contributed by atoms with Gasteiger partial charge in [-0.25, -0.2) is 4.79 Å². The molecule has 2 aromatic carbocycles. The number of carbonyl (C=O) groups is 4. The van der Waals surface area contributed by atoms with Crippen LogP contribution in [0.2, 0.25) is 0 Å². The molecule has 0 aromatic heterocycles. The third-order valence-electron chi connectivity index (χ3n) is 3.80. The Morgan fingerprint density at radius 2 is 1.37 bits per heavy atom. The van der Waals surface area contributed by atoms with E-state index in [0.717, 1.165) is 0 Å². The summed E-state index contributed by atoms with van der Waals surface area (Å²) in [5.41, 5.74) is 1.58. The van der Waals surface area contributed by atoms with Crippen molar-refractivity contribution in [2.24, 2.45) is 0 Å². The number of hydrogen-bond donors (Lipinski definition) is 2. The first kappa shape index (κ1) is 22.1. The number of carbonyl (C=O) groups excluding carboxylic acids is 4. The summed E-state index contributed by atoms with van der Waals surface area (Å²) in [6.07, 6.45) is -0.270. The summed E-state index contributed by atoms with van der Waals surface area (Å²) in [7, 11) is 3.29. The van der Waals surface area contributed by atoms with E-state index in [1.807, 2.05) is 0 Å². The molecular formula is C21H20N4O5. The van der Waals surface area contributed by atoms with Gasteiger partial charge in [-0.05, 0) is 48.5 Å². The average molecular weight is 408 g/mol. The van der Waals surface area contributed by atoms with Crippen molar-refractivity contribution in [2.45, 2.75) is 6.42 Å². The van der Waals surface area contributed by atoms with Crippen LogP contribution in [0.15, 0.2) is 48.5 Å². The summed E-state index contributed by atoms with van der Waals surface area (Å²) in [5, 5.41) is 13.5. The quantitative estimate of drug-likeness (QED) is 0.675. The number of nitrogens with zero attached hydrogens (tertiary/aromatic N) is 2. The smallest absolute Gasteiger partial charge is 0.338 e. The average Bonchev–Trinajstić information content (AvgIpc) is 2.72. The lowest BCUT2D eigenvalue weighted by molar-refractivity contribution is -0.119. The zero-order chi connectivity index (χ0) is 22.1. The minimum absolute atomic E-state index is 0.155. The molecule has 0 spiro atoms. The molecule has 2 N–H and O–H groups in total. The van der Waals surface area contributed by atoms with Crippen LogP contribution >= 0.6 is 0 Å². The van der Waals surface area contributed by atoms with E-state index in [1.165, 1.54) is 29.2 Å². The summed E-state index contributed by atoms with van der Waals surface area (Å²) in [5.74, 6) is -1.84. The monoisotopic (exact) mass is 408 g/mol. The summed E-state index contributed by atoms with van der Waals surface area (Å²) in [4.78, 5) is 48.7. The van der Waals surface area contributed by atoms with Crippen molar-refractivity contribution in [3.05, 3.63) is 59.7 Å². The highest BCUT2D eigenvalue weighted by molar-refractivity contribution is 5.97. The number of hydrogen-bond acceptors (Lipinski definition) is 6. The maximum Gasteiger partial charge on any atom is 0.338 e. The molecule has 0 saturated carbocycles. The Morgan fingerprint density at radius 1 is 0.867 bits per heavy atom. The second-order valence-electron chi connectivity index (χ2n) is 6.36. The van der Waals surface area contributed by atoms with Crippen molar-refractivity contribution in [1.29, 1.82) is 5.26 Å². The molecule has 0 aliphatic heterocycles. The Balaban J connectivity index is 1.84. The van der Waals surface area contributed by atoms with Gasteiger partial charge < -0.3 is 20.3 Å². The molecule has 2 aromatic rings. The molecule has 0 heterocycles. The van der Waals surface area contributed by atoms with Crippen molar-refractivity contribution in [1.82, 2.24) is 4.90 Å². The van der Waals surface area contributed by atoms with Gasteiger partial charge in [-0.2, -0.15) is 5.26 Å². The van der Waals surface area contributed by atoms with Crippen LogP contribution < -0.4 is 10.6 Å². The Hall–Kier alpha value is -4.19. The van der Waals surface area contributed by atoms with Crippen molar-refractivity contribution < 1.29 is 23.9 Å². The van der Waals surface area contributed by atoms with Crippen LogP contribution in [-0.2, 0) is 14.3 Å². The van der Waals surface area contributed by atoms with Gasteiger partial charge in [0.15, 0.2) is 6.61 Å². The highest BCUT2D eigenvalue weighted by Gasteiger charge is 2.12. The predicted octanol–water partition coefficient (Wildman–Crippen LogP) is 2.04. The van der Waals surface area contributed by atoms with E-state index in [1.54, 1.807) is 44.4 Å². The fraction of sp³-hybridized carbons (Fsp3) is 0.190. The molecule has 3 amide bonds. The van der Waals surface area contributed by atoms with E-state index in [0.29, 0.717) is 16.9 Å². The van der Waals surface area contributed by atoms with E-state index in [-0.39, 0.29) is 17.9 Å². The van der Waals surface area contributed by atoms with Gasteiger partial charge in [0.25, 0.3) is 11.8 Å². The van der Waals surface area contributed by atoms with Gasteiger partial charge in [-0.3, -0.25) is 14.4 Å². The van der Waals surface area contributed by atoms with Gasteiger partial charge in [0.2, 0.25) is 5.91 Å². The molecule has 0 saturated heterocycles. The molecule has 30 heavy (non-hydrogen) atoms. The van der Waals surface area contributed by atoms with E-state index >= 15 is 0 Å². The Morgan fingerprint density at radius 3 is 1.87 bits per heavy atom. The number of benzene rings is 2. The summed E-state index contributed by atoms with van der Waals surface area (Å²) in [6.45, 7) is -0.488. The zero-order valence-corrected chi connectivity index (χ0v) is 16.5. The van der Waals surface area contributed by atoms with Gasteiger partial charge in [0, 0.05) is 31.0 Å². The molecular weight excluding hydrogens is 388 g/mol. The number of esters is 1. The Labute approximate surface area is 173 Å². The fourth-order valence-electron chi connectivity index (χ4n) is 2.33. The molecule has 0 radical (unpaired) electrons. The van der Waals surface area contributed by atoms with Crippen molar-refractivity contribution in [2.75, 3.05) is 31.3 Å². The second kappa shape index (κ2) is 10.4. The number of amides is 3. The molecule has 0 unspecified atom stereocenters. The highest BCUT2D eigenvalue weighted by atomic mass is 16.5. The largest absolute Gasteiger partial charge is 0.452 e. The van der Waals surface area contributed by atoms with Crippen LogP contribution in [0.3, 0.4) is 0 Å². The third kappa shape index (κ3) is 6.45. The van der Waals surface area contributed by atoms with Crippen molar-refractivity contribution in [3.63, 3.8) is 0 Å². The lowest BCUT2D eigenvalue weighted by Crippen LogP contribution is -2.22. The van der Waals surface area contributed by atoms with E-state index < -0.39 is 24.4 Å². The lowest BCUT2D eigenvalue weighted by atomic mass is 10.2. The van der Waals surface area contributed by atoms with Crippen LogP contribution in [-0.4, -0.2) is 49.3 Å². The maximum absolute atomic E-state index is 12.0. The first-order valence-corrected chi connectivity index (χ1v) is 8.85. The standard InChI is InChI=1S/C21H20N4O5/c1-25(2)20(28)14-3-7-17(8-4-14)24-19(27)13-30-21(29)15-5-9-16(10-6-15)23-18(26)11-12-22/h3-10H,11,13H2,1-2H3,(H,23,26)(H,24,27). The number of rotatable bonds is 7. The molecule has 154 valence electrons. The molecule has 2 rings (SSSR count). The minimum atomic E-state index is -0.702. The molecule has 0 aliphatic rings. The molecule has 0 aliphatic carbocycles. The first-order chi connectivity index (χ1) is 14.3. The normalized spacial score (nSPS) is 9.77. The van der Waals surface area contributed by atoms with E-state index in [9.17, 15) is 19.2 Å². The van der Waals surface area contributed by atoms with Crippen molar-refractivity contribution >= 4 is 35.1 Å². The van der Waals surface area contributed by atoms with Gasteiger partial charge in [-0.15, -0.1) is 0 Å². The molecule has 9 heteroatoms. The van der Waals surface area contributed by atoms with E-state index in [2.05, 4.69) is 10.6 Å². The van der Waals surface area contributed by atoms with Crippen LogP contribution in [0.4, 0.5) is 11.4 Å². The first-order valence-electron chi connectivity index (χ1n) is 8.85. The summed E-state index contributed by atoms with van der Waals surface area (Å²) in [6, 6.07) is 13.9. The van der Waals surface area contributed by atoms with Crippen LogP contribution in [0.25, 0.3) is 0 Å². The fourth-order valence-corrected chi connectivity index (χ4v) is 2.33. The second-order valence-corrected chi connectivity index (χ2v) is 6.36. The predicted molar refractivity (Wildman–Crippen MR) is 109 cm³/mol. The molecule has 0 atom stereocenters. The number of nitriles is 1.